The fraction of sp³-hybridized carbons (Fsp3) is 0.478. The van der Waals surface area contributed by atoms with Crippen LogP contribution >= 0.6 is 0 Å². The van der Waals surface area contributed by atoms with E-state index in [2.05, 4.69) is 5.32 Å². The average Bonchev–Trinajstić information content (AvgIpc) is 3.15. The van der Waals surface area contributed by atoms with Crippen molar-refractivity contribution in [3.63, 3.8) is 0 Å². The largest absolute Gasteiger partial charge is 0.492 e. The Balaban J connectivity index is 1.63. The Hall–Kier alpha value is -2.10. The summed E-state index contributed by atoms with van der Waals surface area (Å²) in [5.74, 6) is 0.398. The SMILES string of the molecule is CS(=O)(=O)c1cc(C(N2Cc3ccccc3C2)C(F)(F)F)ccc1OCC1CCNCC1. The van der Waals surface area contributed by atoms with Gasteiger partial charge in [-0.3, -0.25) is 4.90 Å². The standard InChI is InChI=1S/C23H27F3N2O3S/c1-32(29,30)21-12-17(6-7-20(21)31-15-16-8-10-27-11-9-16)22(23(24,25)26)28-13-18-4-2-3-5-19(18)14-28/h2-7,12,16,22,27H,8-11,13-15H2,1H3. The molecule has 1 atom stereocenters. The van der Waals surface area contributed by atoms with E-state index in [0.717, 1.165) is 49.4 Å². The molecule has 0 bridgehead atoms. The van der Waals surface area contributed by atoms with Gasteiger partial charge in [-0.05, 0) is 60.7 Å². The monoisotopic (exact) mass is 468 g/mol. The van der Waals surface area contributed by atoms with Gasteiger partial charge in [0.15, 0.2) is 9.84 Å². The second kappa shape index (κ2) is 9.03. The molecule has 174 valence electrons. The highest BCUT2D eigenvalue weighted by atomic mass is 32.2. The third-order valence-corrected chi connectivity index (χ3v) is 7.27. The van der Waals surface area contributed by atoms with Gasteiger partial charge >= 0.3 is 6.18 Å². The molecule has 0 spiro atoms. The highest BCUT2D eigenvalue weighted by Crippen LogP contribution is 2.43. The van der Waals surface area contributed by atoms with Crippen molar-refractivity contribution < 1.29 is 26.3 Å². The van der Waals surface area contributed by atoms with Gasteiger partial charge in [0.05, 0.1) is 6.61 Å². The number of alkyl halides is 3. The Morgan fingerprint density at radius 1 is 1.09 bits per heavy atom. The van der Waals surface area contributed by atoms with Gasteiger partial charge in [-0.1, -0.05) is 30.3 Å². The van der Waals surface area contributed by atoms with Crippen molar-refractivity contribution in [1.82, 2.24) is 10.2 Å². The molecule has 5 nitrogen and oxygen atoms in total. The van der Waals surface area contributed by atoms with Crippen LogP contribution in [0, 0.1) is 5.92 Å². The molecule has 0 aliphatic carbocycles. The number of fused-ring (bicyclic) bond motifs is 1. The van der Waals surface area contributed by atoms with Gasteiger partial charge in [0.25, 0.3) is 0 Å². The third kappa shape index (κ3) is 5.10. The number of sulfone groups is 1. The zero-order valence-corrected chi connectivity index (χ0v) is 18.7. The van der Waals surface area contributed by atoms with E-state index in [0.29, 0.717) is 6.61 Å². The van der Waals surface area contributed by atoms with E-state index in [9.17, 15) is 21.6 Å². The number of piperidine rings is 1. The third-order valence-electron chi connectivity index (χ3n) is 6.16. The van der Waals surface area contributed by atoms with Crippen LogP contribution in [0.1, 0.15) is 35.6 Å². The minimum atomic E-state index is -4.56. The number of hydrogen-bond donors (Lipinski definition) is 1. The van der Waals surface area contributed by atoms with Crippen LogP contribution in [-0.4, -0.2) is 45.4 Å². The minimum Gasteiger partial charge on any atom is -0.492 e. The van der Waals surface area contributed by atoms with Crippen LogP contribution in [0.25, 0.3) is 0 Å². The number of benzene rings is 2. The molecule has 2 aromatic carbocycles. The van der Waals surface area contributed by atoms with Crippen LogP contribution in [0.15, 0.2) is 47.4 Å². The summed E-state index contributed by atoms with van der Waals surface area (Å²) in [6.07, 6.45) is -1.73. The second-order valence-electron chi connectivity index (χ2n) is 8.60. The predicted molar refractivity (Wildman–Crippen MR) is 115 cm³/mol. The summed E-state index contributed by atoms with van der Waals surface area (Å²) in [6.45, 7) is 2.40. The van der Waals surface area contributed by atoms with Crippen molar-refractivity contribution in [3.05, 3.63) is 59.2 Å². The molecule has 2 aliphatic heterocycles. The molecule has 4 rings (SSSR count). The number of nitrogens with one attached hydrogen (secondary N) is 1. The first-order valence-electron chi connectivity index (χ1n) is 10.7. The van der Waals surface area contributed by atoms with Gasteiger partial charge in [0.2, 0.25) is 0 Å². The topological polar surface area (TPSA) is 58.6 Å². The van der Waals surface area contributed by atoms with Crippen molar-refractivity contribution in [2.75, 3.05) is 26.0 Å². The smallest absolute Gasteiger partial charge is 0.408 e. The fourth-order valence-electron chi connectivity index (χ4n) is 4.51. The average molecular weight is 469 g/mol. The maximum Gasteiger partial charge on any atom is 0.408 e. The van der Waals surface area contributed by atoms with Gasteiger partial charge in [-0.15, -0.1) is 0 Å². The quantitative estimate of drug-likeness (QED) is 0.692. The van der Waals surface area contributed by atoms with Crippen molar-refractivity contribution in [3.8, 4) is 5.75 Å². The molecular weight excluding hydrogens is 441 g/mol. The summed E-state index contributed by atoms with van der Waals surface area (Å²) in [4.78, 5) is 1.14. The summed E-state index contributed by atoms with van der Waals surface area (Å²) >= 11 is 0. The lowest BCUT2D eigenvalue weighted by Gasteiger charge is -2.30. The Labute approximate surface area is 186 Å². The van der Waals surface area contributed by atoms with Crippen LogP contribution in [0.3, 0.4) is 0 Å². The van der Waals surface area contributed by atoms with Crippen LogP contribution in [-0.2, 0) is 22.9 Å². The number of halogens is 3. The normalized spacial score (nSPS) is 19.0. The zero-order valence-electron chi connectivity index (χ0n) is 17.9. The van der Waals surface area contributed by atoms with Gasteiger partial charge in [0, 0.05) is 19.3 Å². The summed E-state index contributed by atoms with van der Waals surface area (Å²) in [5.41, 5.74) is 1.61. The molecule has 2 aliphatic rings. The van der Waals surface area contributed by atoms with Gasteiger partial charge in [-0.2, -0.15) is 13.2 Å². The summed E-state index contributed by atoms with van der Waals surface area (Å²) in [6, 6.07) is 9.19. The molecule has 9 heteroatoms. The highest BCUT2D eigenvalue weighted by Gasteiger charge is 2.46. The van der Waals surface area contributed by atoms with E-state index in [1.54, 1.807) is 12.1 Å². The van der Waals surface area contributed by atoms with Crippen molar-refractivity contribution in [2.24, 2.45) is 5.92 Å². The Bertz CT molecular complexity index is 1040. The van der Waals surface area contributed by atoms with Crippen molar-refractivity contribution in [1.29, 1.82) is 0 Å². The van der Waals surface area contributed by atoms with Crippen molar-refractivity contribution in [2.45, 2.75) is 43.0 Å². The molecule has 0 aromatic heterocycles. The first-order valence-corrected chi connectivity index (χ1v) is 12.6. The molecule has 1 N–H and O–H groups in total. The van der Waals surface area contributed by atoms with E-state index in [1.807, 2.05) is 12.1 Å². The maximum absolute atomic E-state index is 14.2. The molecule has 1 fully saturated rings. The summed E-state index contributed by atoms with van der Waals surface area (Å²) < 4.78 is 73.2. The lowest BCUT2D eigenvalue weighted by atomic mass is 9.99. The molecule has 0 saturated carbocycles. The number of rotatable bonds is 6. The summed E-state index contributed by atoms with van der Waals surface area (Å²) in [5, 5.41) is 3.25. The molecule has 2 heterocycles. The van der Waals surface area contributed by atoms with Gasteiger partial charge < -0.3 is 10.1 Å². The van der Waals surface area contributed by atoms with Crippen LogP contribution in [0.4, 0.5) is 13.2 Å². The minimum absolute atomic E-state index is 0.0973. The molecule has 1 unspecified atom stereocenters. The maximum atomic E-state index is 14.2. The number of nitrogens with zero attached hydrogens (tertiary/aromatic N) is 1. The van der Waals surface area contributed by atoms with Crippen LogP contribution in [0.5, 0.6) is 5.75 Å². The Kier molecular flexibility index (Phi) is 6.51. The Morgan fingerprint density at radius 3 is 2.28 bits per heavy atom. The second-order valence-corrected chi connectivity index (χ2v) is 10.6. The fourth-order valence-corrected chi connectivity index (χ4v) is 5.35. The lowest BCUT2D eigenvalue weighted by molar-refractivity contribution is -0.188. The van der Waals surface area contributed by atoms with Crippen molar-refractivity contribution >= 4 is 9.84 Å². The lowest BCUT2D eigenvalue weighted by Crippen LogP contribution is -2.35. The van der Waals surface area contributed by atoms with Crippen LogP contribution in [0.2, 0.25) is 0 Å². The van der Waals surface area contributed by atoms with Gasteiger partial charge in [-0.25, -0.2) is 8.42 Å². The van der Waals surface area contributed by atoms with E-state index >= 15 is 0 Å². The first kappa shape index (κ1) is 23.1. The molecule has 2 aromatic rings. The molecule has 1 saturated heterocycles. The zero-order chi connectivity index (χ0) is 22.9. The Morgan fingerprint density at radius 2 is 1.72 bits per heavy atom. The summed E-state index contributed by atoms with van der Waals surface area (Å²) in [7, 11) is -3.79. The van der Waals surface area contributed by atoms with E-state index in [4.69, 9.17) is 4.74 Å². The van der Waals surface area contributed by atoms with Crippen LogP contribution < -0.4 is 10.1 Å². The van der Waals surface area contributed by atoms with E-state index in [1.165, 1.54) is 17.0 Å². The first-order chi connectivity index (χ1) is 15.1. The molecule has 32 heavy (non-hydrogen) atoms. The predicted octanol–water partition coefficient (Wildman–Crippen LogP) is 4.09. The molecular formula is C23H27F3N2O3S. The highest BCUT2D eigenvalue weighted by molar-refractivity contribution is 7.90. The molecule has 0 amide bonds. The number of ether oxygens (including phenoxy) is 1. The van der Waals surface area contributed by atoms with E-state index < -0.39 is 22.1 Å². The molecule has 0 radical (unpaired) electrons. The van der Waals surface area contributed by atoms with Gasteiger partial charge in [0.1, 0.15) is 16.7 Å². The number of hydrogen-bond acceptors (Lipinski definition) is 5. The van der Waals surface area contributed by atoms with E-state index in [-0.39, 0.29) is 35.2 Å².